The van der Waals surface area contributed by atoms with Crippen LogP contribution in [0.25, 0.3) is 11.2 Å². The lowest BCUT2D eigenvalue weighted by atomic mass is 10.1. The molecule has 2 saturated heterocycles. The fourth-order valence-electron chi connectivity index (χ4n) is 5.04. The fourth-order valence-corrected chi connectivity index (χ4v) is 5.04. The van der Waals surface area contributed by atoms with Crippen LogP contribution in [0.4, 0.5) is 10.2 Å². The Balaban J connectivity index is 1.33. The Hall–Kier alpha value is -3.06. The third-order valence-corrected chi connectivity index (χ3v) is 6.58. The average Bonchev–Trinajstić information content (AvgIpc) is 3.58. The molecular formula is C25H26FN5O3. The number of aromatic nitrogens is 4. The molecule has 2 aliphatic heterocycles. The Morgan fingerprint density at radius 3 is 2.71 bits per heavy atom. The number of anilines is 1. The van der Waals surface area contributed by atoms with Crippen LogP contribution in [0.2, 0.25) is 0 Å². The topological polar surface area (TPSA) is 83.3 Å². The molecule has 34 heavy (non-hydrogen) atoms. The first-order valence-corrected chi connectivity index (χ1v) is 11.7. The van der Waals surface area contributed by atoms with E-state index in [2.05, 4.69) is 32.1 Å². The molecule has 3 aliphatic rings. The number of hydrogen-bond donors (Lipinski definition) is 1. The van der Waals surface area contributed by atoms with E-state index in [9.17, 15) is 4.39 Å². The van der Waals surface area contributed by atoms with Crippen LogP contribution in [0, 0.1) is 17.7 Å². The Labute approximate surface area is 196 Å². The summed E-state index contributed by atoms with van der Waals surface area (Å²) < 4.78 is 34.6. The third-order valence-electron chi connectivity index (χ3n) is 6.58. The van der Waals surface area contributed by atoms with Gasteiger partial charge in [0.05, 0.1) is 11.9 Å². The number of nitrogens with one attached hydrogen (secondary N) is 1. The quantitative estimate of drug-likeness (QED) is 0.592. The van der Waals surface area contributed by atoms with Crippen LogP contribution in [0.5, 0.6) is 0 Å². The predicted octanol–water partition coefficient (Wildman–Crippen LogP) is 3.79. The molecule has 3 aromatic rings. The molecule has 0 bridgehead atoms. The summed E-state index contributed by atoms with van der Waals surface area (Å²) in [5.41, 5.74) is 1.65. The van der Waals surface area contributed by atoms with Gasteiger partial charge in [-0.2, -0.15) is 0 Å². The van der Waals surface area contributed by atoms with Gasteiger partial charge in [-0.25, -0.2) is 19.3 Å². The first-order valence-electron chi connectivity index (χ1n) is 11.7. The first-order chi connectivity index (χ1) is 16.5. The monoisotopic (exact) mass is 463 g/mol. The summed E-state index contributed by atoms with van der Waals surface area (Å²) in [4.78, 5) is 13.5. The van der Waals surface area contributed by atoms with Gasteiger partial charge in [0.25, 0.3) is 0 Å². The molecule has 1 aliphatic carbocycles. The molecule has 3 fully saturated rings. The maximum absolute atomic E-state index is 14.1. The van der Waals surface area contributed by atoms with E-state index in [1.807, 2.05) is 18.4 Å². The second kappa shape index (κ2) is 8.31. The van der Waals surface area contributed by atoms with Crippen molar-refractivity contribution >= 4 is 17.0 Å². The van der Waals surface area contributed by atoms with Crippen LogP contribution < -0.4 is 5.32 Å². The molecule has 0 radical (unpaired) electrons. The van der Waals surface area contributed by atoms with Crippen molar-refractivity contribution in [1.29, 1.82) is 0 Å². The maximum atomic E-state index is 14.1. The van der Waals surface area contributed by atoms with E-state index in [0.717, 1.165) is 18.7 Å². The Bertz CT molecular complexity index is 1280. The summed E-state index contributed by atoms with van der Waals surface area (Å²) in [5.74, 6) is 5.51. The van der Waals surface area contributed by atoms with Gasteiger partial charge in [0.1, 0.15) is 30.5 Å². The third kappa shape index (κ3) is 3.82. The van der Waals surface area contributed by atoms with Gasteiger partial charge in [0.2, 0.25) is 0 Å². The summed E-state index contributed by atoms with van der Waals surface area (Å²) in [6.07, 6.45) is 5.93. The van der Waals surface area contributed by atoms with Crippen LogP contribution in [-0.2, 0) is 14.2 Å². The second-order valence-corrected chi connectivity index (χ2v) is 9.43. The summed E-state index contributed by atoms with van der Waals surface area (Å²) in [7, 11) is 0. The van der Waals surface area contributed by atoms with Crippen molar-refractivity contribution in [2.24, 2.45) is 0 Å². The Kier molecular flexibility index (Phi) is 5.25. The highest BCUT2D eigenvalue weighted by atomic mass is 19.1. The van der Waals surface area contributed by atoms with Crippen molar-refractivity contribution in [1.82, 2.24) is 19.5 Å². The van der Waals surface area contributed by atoms with Crippen LogP contribution in [-0.4, -0.2) is 49.7 Å². The van der Waals surface area contributed by atoms with Crippen molar-refractivity contribution in [2.75, 3.05) is 5.32 Å². The molecule has 176 valence electrons. The standard InChI is InChI=1S/C25H26FN5O3/c1-25(2)33-20-18(12-11-15-7-3-6-10-17(15)26)32-24(21(20)34-25)31-14-29-19-22(27-13-28-23(19)31)30-16-8-4-5-9-16/h3,6-7,10,13-14,16,18,20-21,24H,4-5,8-9H2,1-2H3,(H,27,28,30)/t18-,20-,21+,24-/m1/s1. The minimum Gasteiger partial charge on any atom is -0.365 e. The van der Waals surface area contributed by atoms with E-state index in [-0.39, 0.29) is 5.82 Å². The molecule has 4 atom stereocenters. The highest BCUT2D eigenvalue weighted by Gasteiger charge is 2.56. The molecule has 4 heterocycles. The van der Waals surface area contributed by atoms with Crippen molar-refractivity contribution in [2.45, 2.75) is 75.9 Å². The van der Waals surface area contributed by atoms with Crippen molar-refractivity contribution in [3.8, 4) is 11.8 Å². The van der Waals surface area contributed by atoms with E-state index in [1.165, 1.54) is 25.2 Å². The number of fused-ring (bicyclic) bond motifs is 2. The normalized spacial score (nSPS) is 28.1. The summed E-state index contributed by atoms with van der Waals surface area (Å²) in [5, 5.41) is 3.52. The Morgan fingerprint density at radius 1 is 1.09 bits per heavy atom. The highest BCUT2D eigenvalue weighted by Crippen LogP contribution is 2.43. The molecule has 0 spiro atoms. The van der Waals surface area contributed by atoms with Crippen LogP contribution in [0.1, 0.15) is 51.3 Å². The average molecular weight is 464 g/mol. The minimum atomic E-state index is -0.796. The number of imidazole rings is 1. The zero-order valence-corrected chi connectivity index (χ0v) is 19.1. The number of rotatable bonds is 3. The molecule has 0 amide bonds. The molecule has 2 aromatic heterocycles. The SMILES string of the molecule is CC1(C)O[C@H]2[C@H](O1)[C@@H](C#Cc1ccccc1F)O[C@H]2n1cnc2c(NC3CCCC3)ncnc21. The fraction of sp³-hybridized carbons (Fsp3) is 0.480. The summed E-state index contributed by atoms with van der Waals surface area (Å²) in [6, 6.07) is 6.82. The van der Waals surface area contributed by atoms with Crippen molar-refractivity contribution in [3.05, 3.63) is 48.3 Å². The predicted molar refractivity (Wildman–Crippen MR) is 122 cm³/mol. The van der Waals surface area contributed by atoms with E-state index in [1.54, 1.807) is 24.5 Å². The van der Waals surface area contributed by atoms with E-state index in [0.29, 0.717) is 22.8 Å². The molecular weight excluding hydrogens is 437 g/mol. The van der Waals surface area contributed by atoms with Crippen molar-refractivity contribution in [3.63, 3.8) is 0 Å². The first kappa shape index (κ1) is 21.5. The van der Waals surface area contributed by atoms with Gasteiger partial charge in [-0.3, -0.25) is 4.57 Å². The highest BCUT2D eigenvalue weighted by molar-refractivity contribution is 5.82. The number of ether oxygens (including phenoxy) is 3. The number of benzene rings is 1. The summed E-state index contributed by atoms with van der Waals surface area (Å²) >= 11 is 0. The number of hydrogen-bond acceptors (Lipinski definition) is 7. The smallest absolute Gasteiger partial charge is 0.167 e. The molecule has 1 saturated carbocycles. The zero-order valence-electron chi connectivity index (χ0n) is 19.1. The summed E-state index contributed by atoms with van der Waals surface area (Å²) in [6.45, 7) is 3.73. The number of halogens is 1. The van der Waals surface area contributed by atoms with Crippen LogP contribution >= 0.6 is 0 Å². The molecule has 6 rings (SSSR count). The van der Waals surface area contributed by atoms with Crippen LogP contribution in [0.15, 0.2) is 36.9 Å². The van der Waals surface area contributed by atoms with E-state index >= 15 is 0 Å². The minimum absolute atomic E-state index is 0.313. The lowest BCUT2D eigenvalue weighted by molar-refractivity contribution is -0.190. The molecule has 1 aromatic carbocycles. The van der Waals surface area contributed by atoms with Gasteiger partial charge in [-0.15, -0.1) is 0 Å². The molecule has 8 nitrogen and oxygen atoms in total. The van der Waals surface area contributed by atoms with Gasteiger partial charge in [0.15, 0.2) is 29.0 Å². The molecule has 9 heteroatoms. The molecule has 1 N–H and O–H groups in total. The van der Waals surface area contributed by atoms with E-state index in [4.69, 9.17) is 14.2 Å². The lowest BCUT2D eigenvalue weighted by Crippen LogP contribution is -2.28. The van der Waals surface area contributed by atoms with Gasteiger partial charge in [-0.05, 0) is 38.8 Å². The van der Waals surface area contributed by atoms with Gasteiger partial charge < -0.3 is 19.5 Å². The van der Waals surface area contributed by atoms with Gasteiger partial charge >= 0.3 is 0 Å². The van der Waals surface area contributed by atoms with E-state index < -0.39 is 30.3 Å². The van der Waals surface area contributed by atoms with Gasteiger partial charge in [-0.1, -0.05) is 36.8 Å². The zero-order chi connectivity index (χ0) is 23.3. The van der Waals surface area contributed by atoms with Crippen molar-refractivity contribution < 1.29 is 18.6 Å². The maximum Gasteiger partial charge on any atom is 0.167 e. The second-order valence-electron chi connectivity index (χ2n) is 9.43. The number of nitrogens with zero attached hydrogens (tertiary/aromatic N) is 4. The lowest BCUT2D eigenvalue weighted by Gasteiger charge is -2.23. The van der Waals surface area contributed by atoms with Gasteiger partial charge in [0, 0.05) is 6.04 Å². The largest absolute Gasteiger partial charge is 0.365 e. The Morgan fingerprint density at radius 2 is 1.88 bits per heavy atom. The molecule has 0 unspecified atom stereocenters. The van der Waals surface area contributed by atoms with Crippen LogP contribution in [0.3, 0.4) is 0 Å².